The Morgan fingerprint density at radius 1 is 1.33 bits per heavy atom. The monoisotopic (exact) mass is 269 g/mol. The lowest BCUT2D eigenvalue weighted by Gasteiger charge is -2.22. The molecule has 0 fully saturated rings. The highest BCUT2D eigenvalue weighted by Crippen LogP contribution is 2.30. The van der Waals surface area contributed by atoms with Crippen LogP contribution < -0.4 is 10.1 Å². The Morgan fingerprint density at radius 3 is 2.61 bits per heavy atom. The van der Waals surface area contributed by atoms with E-state index in [4.69, 9.17) is 16.3 Å². The molecule has 1 N–H and O–H groups in total. The van der Waals surface area contributed by atoms with Crippen LogP contribution in [0.5, 0.6) is 5.75 Å². The van der Waals surface area contributed by atoms with Gasteiger partial charge in [0.05, 0.1) is 12.1 Å². The number of benzene rings is 1. The first-order valence-electron chi connectivity index (χ1n) is 6.69. The molecule has 0 aliphatic carbocycles. The van der Waals surface area contributed by atoms with Gasteiger partial charge >= 0.3 is 0 Å². The number of nitrogens with one attached hydrogen (secondary N) is 1. The Bertz CT molecular complexity index is 368. The van der Waals surface area contributed by atoms with Crippen molar-refractivity contribution in [3.8, 4) is 5.75 Å². The van der Waals surface area contributed by atoms with Crippen molar-refractivity contribution in [2.45, 2.75) is 39.7 Å². The molecule has 1 aromatic rings. The molecule has 0 amide bonds. The topological polar surface area (TPSA) is 21.3 Å². The van der Waals surface area contributed by atoms with Gasteiger partial charge in [0.2, 0.25) is 0 Å². The molecule has 2 nitrogen and oxygen atoms in total. The van der Waals surface area contributed by atoms with Gasteiger partial charge in [-0.25, -0.2) is 0 Å². The van der Waals surface area contributed by atoms with Crippen LogP contribution in [0.2, 0.25) is 5.02 Å². The number of hydrogen-bond acceptors (Lipinski definition) is 2. The van der Waals surface area contributed by atoms with E-state index >= 15 is 0 Å². The van der Waals surface area contributed by atoms with Gasteiger partial charge in [0.25, 0.3) is 0 Å². The molecule has 2 atom stereocenters. The van der Waals surface area contributed by atoms with E-state index in [0.29, 0.717) is 17.0 Å². The third-order valence-electron chi connectivity index (χ3n) is 3.36. The summed E-state index contributed by atoms with van der Waals surface area (Å²) in [6, 6.07) is 6.41. The lowest BCUT2D eigenvalue weighted by molar-refractivity contribution is 0.399. The molecule has 0 saturated carbocycles. The van der Waals surface area contributed by atoms with Gasteiger partial charge in [0, 0.05) is 6.04 Å². The van der Waals surface area contributed by atoms with E-state index in [1.54, 1.807) is 7.11 Å². The van der Waals surface area contributed by atoms with Crippen LogP contribution in [0.4, 0.5) is 0 Å². The summed E-state index contributed by atoms with van der Waals surface area (Å²) >= 11 is 6.07. The molecular weight excluding hydrogens is 246 g/mol. The van der Waals surface area contributed by atoms with E-state index < -0.39 is 0 Å². The van der Waals surface area contributed by atoms with Gasteiger partial charge in [0.1, 0.15) is 5.75 Å². The van der Waals surface area contributed by atoms with E-state index in [0.717, 1.165) is 18.7 Å². The minimum Gasteiger partial charge on any atom is -0.495 e. The summed E-state index contributed by atoms with van der Waals surface area (Å²) in [5.41, 5.74) is 1.25. The smallest absolute Gasteiger partial charge is 0.137 e. The predicted octanol–water partition coefficient (Wildman–Crippen LogP) is 4.44. The van der Waals surface area contributed by atoms with Crippen molar-refractivity contribution in [3.05, 3.63) is 28.8 Å². The normalized spacial score (nSPS) is 14.3. The van der Waals surface area contributed by atoms with Crippen molar-refractivity contribution in [1.82, 2.24) is 5.32 Å². The van der Waals surface area contributed by atoms with Crippen molar-refractivity contribution in [2.75, 3.05) is 13.7 Å². The molecule has 0 aromatic heterocycles. The van der Waals surface area contributed by atoms with E-state index in [2.05, 4.69) is 32.2 Å². The highest BCUT2D eigenvalue weighted by Gasteiger charge is 2.15. The second kappa shape index (κ2) is 7.65. The average molecular weight is 270 g/mol. The van der Waals surface area contributed by atoms with Gasteiger partial charge in [-0.05, 0) is 36.6 Å². The molecule has 18 heavy (non-hydrogen) atoms. The van der Waals surface area contributed by atoms with Crippen LogP contribution in [0, 0.1) is 5.92 Å². The Hall–Kier alpha value is -0.730. The van der Waals surface area contributed by atoms with Crippen LogP contribution in [0.1, 0.15) is 45.2 Å². The maximum Gasteiger partial charge on any atom is 0.137 e. The Balaban J connectivity index is 2.90. The standard InChI is InChI=1S/C15H24ClNO/c1-5-11(3)9-14(17-6-2)12-7-8-13(16)15(10-12)18-4/h7-8,10-11,14,17H,5-6,9H2,1-4H3. The Kier molecular flexibility index (Phi) is 6.51. The van der Waals surface area contributed by atoms with Crippen molar-refractivity contribution in [2.24, 2.45) is 5.92 Å². The van der Waals surface area contributed by atoms with Gasteiger partial charge in [0.15, 0.2) is 0 Å². The van der Waals surface area contributed by atoms with Crippen LogP contribution in [-0.4, -0.2) is 13.7 Å². The zero-order valence-electron chi connectivity index (χ0n) is 11.8. The third-order valence-corrected chi connectivity index (χ3v) is 3.68. The first kappa shape index (κ1) is 15.3. The fourth-order valence-corrected chi connectivity index (χ4v) is 2.24. The summed E-state index contributed by atoms with van der Waals surface area (Å²) in [4.78, 5) is 0. The Labute approximate surface area is 116 Å². The van der Waals surface area contributed by atoms with Crippen molar-refractivity contribution in [3.63, 3.8) is 0 Å². The van der Waals surface area contributed by atoms with Crippen LogP contribution >= 0.6 is 11.6 Å². The summed E-state index contributed by atoms with van der Waals surface area (Å²) < 4.78 is 5.29. The van der Waals surface area contributed by atoms with Gasteiger partial charge in [-0.15, -0.1) is 0 Å². The minimum absolute atomic E-state index is 0.371. The van der Waals surface area contributed by atoms with Gasteiger partial charge < -0.3 is 10.1 Å². The molecule has 0 saturated heterocycles. The van der Waals surface area contributed by atoms with E-state index in [1.165, 1.54) is 12.0 Å². The van der Waals surface area contributed by atoms with Gasteiger partial charge in [-0.2, -0.15) is 0 Å². The van der Waals surface area contributed by atoms with Crippen molar-refractivity contribution >= 4 is 11.6 Å². The molecular formula is C15H24ClNO. The molecule has 102 valence electrons. The fourth-order valence-electron chi connectivity index (χ4n) is 2.05. The van der Waals surface area contributed by atoms with Crippen LogP contribution in [0.3, 0.4) is 0 Å². The highest BCUT2D eigenvalue weighted by atomic mass is 35.5. The first-order chi connectivity index (χ1) is 8.62. The molecule has 0 aliphatic rings. The summed E-state index contributed by atoms with van der Waals surface area (Å²) in [6.45, 7) is 7.62. The van der Waals surface area contributed by atoms with Crippen LogP contribution in [-0.2, 0) is 0 Å². The summed E-state index contributed by atoms with van der Waals surface area (Å²) in [7, 11) is 1.65. The first-order valence-corrected chi connectivity index (χ1v) is 7.06. The minimum atomic E-state index is 0.371. The Morgan fingerprint density at radius 2 is 2.06 bits per heavy atom. The molecule has 3 heteroatoms. The number of hydrogen-bond donors (Lipinski definition) is 1. The zero-order chi connectivity index (χ0) is 13.5. The molecule has 0 heterocycles. The average Bonchev–Trinajstić information content (AvgIpc) is 2.38. The van der Waals surface area contributed by atoms with Crippen molar-refractivity contribution < 1.29 is 4.74 Å². The third kappa shape index (κ3) is 4.18. The maximum absolute atomic E-state index is 6.07. The predicted molar refractivity (Wildman–Crippen MR) is 78.5 cm³/mol. The van der Waals surface area contributed by atoms with Crippen LogP contribution in [0.25, 0.3) is 0 Å². The second-order valence-corrected chi connectivity index (χ2v) is 5.16. The van der Waals surface area contributed by atoms with Gasteiger partial charge in [-0.1, -0.05) is 44.9 Å². The molecule has 0 radical (unpaired) electrons. The SMILES string of the molecule is CCNC(CC(C)CC)c1ccc(Cl)c(OC)c1. The number of ether oxygens (including phenoxy) is 1. The van der Waals surface area contributed by atoms with E-state index in [1.807, 2.05) is 12.1 Å². The van der Waals surface area contributed by atoms with E-state index in [-0.39, 0.29) is 0 Å². The molecule has 0 bridgehead atoms. The largest absolute Gasteiger partial charge is 0.495 e. The maximum atomic E-state index is 6.07. The zero-order valence-corrected chi connectivity index (χ0v) is 12.6. The molecule has 0 spiro atoms. The molecule has 2 unspecified atom stereocenters. The molecule has 0 aliphatic heterocycles. The molecule has 1 aromatic carbocycles. The van der Waals surface area contributed by atoms with Gasteiger partial charge in [-0.3, -0.25) is 0 Å². The lowest BCUT2D eigenvalue weighted by Crippen LogP contribution is -2.22. The summed E-state index contributed by atoms with van der Waals surface area (Å²) in [5.74, 6) is 1.46. The number of methoxy groups -OCH3 is 1. The summed E-state index contributed by atoms with van der Waals surface area (Å²) in [6.07, 6.45) is 2.34. The van der Waals surface area contributed by atoms with Crippen molar-refractivity contribution in [1.29, 1.82) is 0 Å². The quantitative estimate of drug-likeness (QED) is 0.790. The lowest BCUT2D eigenvalue weighted by atomic mass is 9.94. The highest BCUT2D eigenvalue weighted by molar-refractivity contribution is 6.32. The molecule has 1 rings (SSSR count). The van der Waals surface area contributed by atoms with E-state index in [9.17, 15) is 0 Å². The second-order valence-electron chi connectivity index (χ2n) is 4.75. The summed E-state index contributed by atoms with van der Waals surface area (Å²) in [5, 5.41) is 4.20. The number of halogens is 1. The fraction of sp³-hybridized carbons (Fsp3) is 0.600. The number of rotatable bonds is 7. The van der Waals surface area contributed by atoms with Crippen LogP contribution in [0.15, 0.2) is 18.2 Å².